The number of pyridine rings is 1. The Morgan fingerprint density at radius 2 is 2.29 bits per heavy atom. The molecule has 1 fully saturated rings. The summed E-state index contributed by atoms with van der Waals surface area (Å²) in [7, 11) is 0. The summed E-state index contributed by atoms with van der Waals surface area (Å²) in [5.41, 5.74) is 1.86. The summed E-state index contributed by atoms with van der Waals surface area (Å²) < 4.78 is 13.5. The van der Waals surface area contributed by atoms with Crippen LogP contribution in [-0.2, 0) is 11.3 Å². The number of amides is 1. The molecule has 3 rings (SSSR count). The van der Waals surface area contributed by atoms with Gasteiger partial charge in [-0.05, 0) is 29.3 Å². The maximum Gasteiger partial charge on any atom is 0.234 e. The molecule has 1 atom stereocenters. The van der Waals surface area contributed by atoms with Gasteiger partial charge < -0.3 is 10.6 Å². The van der Waals surface area contributed by atoms with Crippen molar-refractivity contribution in [3.05, 3.63) is 65.7 Å². The Kier molecular flexibility index (Phi) is 5.51. The van der Waals surface area contributed by atoms with Gasteiger partial charge in [0, 0.05) is 44.6 Å². The Labute approximate surface area is 140 Å². The predicted octanol–water partition coefficient (Wildman–Crippen LogP) is 1.48. The van der Waals surface area contributed by atoms with Crippen molar-refractivity contribution in [2.45, 2.75) is 12.6 Å². The molecule has 1 unspecified atom stereocenters. The van der Waals surface area contributed by atoms with Crippen LogP contribution in [0.15, 0.2) is 48.8 Å². The molecule has 2 heterocycles. The highest BCUT2D eigenvalue weighted by Crippen LogP contribution is 2.22. The van der Waals surface area contributed by atoms with Gasteiger partial charge in [-0.2, -0.15) is 0 Å². The molecule has 0 radical (unpaired) electrons. The van der Waals surface area contributed by atoms with Crippen LogP contribution in [0.2, 0.25) is 0 Å². The molecule has 6 heteroatoms. The van der Waals surface area contributed by atoms with Crippen molar-refractivity contribution >= 4 is 5.91 Å². The van der Waals surface area contributed by atoms with Crippen LogP contribution in [0.5, 0.6) is 0 Å². The fourth-order valence-electron chi connectivity index (χ4n) is 2.92. The molecule has 1 saturated heterocycles. The van der Waals surface area contributed by atoms with E-state index in [4.69, 9.17) is 0 Å². The molecule has 2 aromatic rings. The zero-order valence-corrected chi connectivity index (χ0v) is 13.4. The number of carbonyl (C=O) groups is 1. The van der Waals surface area contributed by atoms with Gasteiger partial charge in [0.2, 0.25) is 5.91 Å². The maximum atomic E-state index is 13.5. The number of hydrogen-bond acceptors (Lipinski definition) is 4. The Morgan fingerprint density at radius 3 is 3.08 bits per heavy atom. The van der Waals surface area contributed by atoms with Gasteiger partial charge in [-0.15, -0.1) is 0 Å². The van der Waals surface area contributed by atoms with E-state index in [1.807, 2.05) is 18.2 Å². The smallest absolute Gasteiger partial charge is 0.234 e. The first-order valence-electron chi connectivity index (χ1n) is 8.08. The first-order valence-corrected chi connectivity index (χ1v) is 8.08. The van der Waals surface area contributed by atoms with Gasteiger partial charge >= 0.3 is 0 Å². The van der Waals surface area contributed by atoms with Crippen LogP contribution in [0.4, 0.5) is 4.39 Å². The van der Waals surface area contributed by atoms with E-state index in [9.17, 15) is 9.18 Å². The summed E-state index contributed by atoms with van der Waals surface area (Å²) >= 11 is 0. The van der Waals surface area contributed by atoms with Crippen molar-refractivity contribution in [3.8, 4) is 0 Å². The number of nitrogens with one attached hydrogen (secondary N) is 2. The first-order chi connectivity index (χ1) is 11.7. The number of aromatic nitrogens is 1. The van der Waals surface area contributed by atoms with Gasteiger partial charge in [-0.3, -0.25) is 14.7 Å². The Hall–Kier alpha value is -2.31. The fourth-order valence-corrected chi connectivity index (χ4v) is 2.92. The summed E-state index contributed by atoms with van der Waals surface area (Å²) in [5, 5.41) is 6.22. The van der Waals surface area contributed by atoms with Crippen LogP contribution in [-0.4, -0.2) is 42.0 Å². The van der Waals surface area contributed by atoms with Gasteiger partial charge in [0.05, 0.1) is 6.54 Å². The Bertz CT molecular complexity index is 680. The molecule has 2 N–H and O–H groups in total. The second-order valence-electron chi connectivity index (χ2n) is 5.88. The molecular weight excluding hydrogens is 307 g/mol. The van der Waals surface area contributed by atoms with Crippen LogP contribution >= 0.6 is 0 Å². The molecular formula is C18H21FN4O. The van der Waals surface area contributed by atoms with Crippen molar-refractivity contribution in [2.75, 3.05) is 26.2 Å². The second-order valence-corrected chi connectivity index (χ2v) is 5.88. The van der Waals surface area contributed by atoms with Crippen LogP contribution < -0.4 is 10.6 Å². The number of rotatable bonds is 5. The lowest BCUT2D eigenvalue weighted by atomic mass is 10.0. The maximum absolute atomic E-state index is 13.5. The van der Waals surface area contributed by atoms with Crippen molar-refractivity contribution in [3.63, 3.8) is 0 Å². The van der Waals surface area contributed by atoms with E-state index >= 15 is 0 Å². The number of carbonyl (C=O) groups excluding carboxylic acids is 1. The van der Waals surface area contributed by atoms with Crippen molar-refractivity contribution in [1.82, 2.24) is 20.5 Å². The van der Waals surface area contributed by atoms with E-state index in [0.717, 1.165) is 24.2 Å². The van der Waals surface area contributed by atoms with Crippen LogP contribution in [0.1, 0.15) is 17.2 Å². The molecule has 126 valence electrons. The lowest BCUT2D eigenvalue weighted by molar-refractivity contribution is -0.123. The zero-order chi connectivity index (χ0) is 16.8. The summed E-state index contributed by atoms with van der Waals surface area (Å²) in [6.45, 7) is 3.04. The van der Waals surface area contributed by atoms with Gasteiger partial charge in [-0.25, -0.2) is 4.39 Å². The molecule has 0 aliphatic carbocycles. The molecule has 24 heavy (non-hydrogen) atoms. The summed E-state index contributed by atoms with van der Waals surface area (Å²) in [6.07, 6.45) is 3.44. The first kappa shape index (κ1) is 16.5. The predicted molar refractivity (Wildman–Crippen MR) is 89.7 cm³/mol. The third kappa shape index (κ3) is 4.37. The van der Waals surface area contributed by atoms with E-state index in [1.54, 1.807) is 18.5 Å². The molecule has 1 amide bonds. The van der Waals surface area contributed by atoms with E-state index in [2.05, 4.69) is 20.5 Å². The molecule has 0 bridgehead atoms. The number of hydrogen-bond donors (Lipinski definition) is 2. The lowest BCUT2D eigenvalue weighted by Crippen LogP contribution is -2.49. The second kappa shape index (κ2) is 7.99. The van der Waals surface area contributed by atoms with Crippen molar-refractivity contribution in [2.24, 2.45) is 0 Å². The highest BCUT2D eigenvalue weighted by atomic mass is 19.1. The van der Waals surface area contributed by atoms with Crippen molar-refractivity contribution < 1.29 is 9.18 Å². The standard InChI is InChI=1S/C18H21FN4O/c19-16-5-1-4-15(9-16)17-12-21-7-8-23(17)13-18(24)22-11-14-3-2-6-20-10-14/h1-6,9-10,17,21H,7-8,11-13H2,(H,22,24). The molecule has 1 aliphatic rings. The number of piperazine rings is 1. The van der Waals surface area contributed by atoms with E-state index in [0.29, 0.717) is 19.6 Å². The molecule has 5 nitrogen and oxygen atoms in total. The topological polar surface area (TPSA) is 57.3 Å². The average molecular weight is 328 g/mol. The number of benzene rings is 1. The summed E-state index contributed by atoms with van der Waals surface area (Å²) in [5.74, 6) is -0.291. The molecule has 1 aromatic carbocycles. The van der Waals surface area contributed by atoms with Gasteiger partial charge in [-0.1, -0.05) is 18.2 Å². The average Bonchev–Trinajstić information content (AvgIpc) is 2.61. The third-order valence-electron chi connectivity index (χ3n) is 4.15. The fraction of sp³-hybridized carbons (Fsp3) is 0.333. The monoisotopic (exact) mass is 328 g/mol. The number of nitrogens with zero attached hydrogens (tertiary/aromatic N) is 2. The van der Waals surface area contributed by atoms with Crippen LogP contribution in [0, 0.1) is 5.82 Å². The largest absolute Gasteiger partial charge is 0.351 e. The summed E-state index contributed by atoms with van der Waals surface area (Å²) in [4.78, 5) is 18.4. The quantitative estimate of drug-likeness (QED) is 0.873. The minimum Gasteiger partial charge on any atom is -0.351 e. The van der Waals surface area contributed by atoms with E-state index in [-0.39, 0.29) is 17.8 Å². The minimum atomic E-state index is -0.251. The highest BCUT2D eigenvalue weighted by molar-refractivity contribution is 5.78. The SMILES string of the molecule is O=C(CN1CCNCC1c1cccc(F)c1)NCc1cccnc1. The zero-order valence-electron chi connectivity index (χ0n) is 13.4. The van der Waals surface area contributed by atoms with Gasteiger partial charge in [0.1, 0.15) is 5.82 Å². The molecule has 0 spiro atoms. The van der Waals surface area contributed by atoms with Gasteiger partial charge in [0.15, 0.2) is 0 Å². The third-order valence-corrected chi connectivity index (χ3v) is 4.15. The van der Waals surface area contributed by atoms with E-state index < -0.39 is 0 Å². The number of halogens is 1. The van der Waals surface area contributed by atoms with E-state index in [1.165, 1.54) is 12.1 Å². The van der Waals surface area contributed by atoms with Gasteiger partial charge in [0.25, 0.3) is 0 Å². The Balaban J connectivity index is 1.60. The minimum absolute atomic E-state index is 0.00130. The summed E-state index contributed by atoms with van der Waals surface area (Å²) in [6, 6.07) is 10.4. The van der Waals surface area contributed by atoms with Crippen molar-refractivity contribution in [1.29, 1.82) is 0 Å². The Morgan fingerprint density at radius 1 is 1.38 bits per heavy atom. The lowest BCUT2D eigenvalue weighted by Gasteiger charge is -2.36. The normalized spacial score (nSPS) is 18.3. The molecule has 1 aliphatic heterocycles. The molecule has 0 saturated carbocycles. The van der Waals surface area contributed by atoms with Crippen LogP contribution in [0.3, 0.4) is 0 Å². The van der Waals surface area contributed by atoms with Crippen LogP contribution in [0.25, 0.3) is 0 Å². The highest BCUT2D eigenvalue weighted by Gasteiger charge is 2.25. The molecule has 1 aromatic heterocycles.